The molecular formula is C43H46BClN4O5. The second-order valence-corrected chi connectivity index (χ2v) is 16.0. The Bertz CT molecular complexity index is 2130. The minimum absolute atomic E-state index is 0.131. The van der Waals surface area contributed by atoms with Crippen molar-refractivity contribution in [2.75, 3.05) is 43.5 Å². The normalized spacial score (nSPS) is 20.6. The summed E-state index contributed by atoms with van der Waals surface area (Å²) in [6, 6.07) is 22.4. The molecule has 0 radical (unpaired) electrons. The number of aromatic hydroxyl groups is 1. The summed E-state index contributed by atoms with van der Waals surface area (Å²) in [5.41, 5.74) is 5.05. The largest absolute Gasteiger partial charge is 0.508 e. The molecule has 4 aromatic rings. The van der Waals surface area contributed by atoms with E-state index in [0.29, 0.717) is 46.5 Å². The number of esters is 1. The molecule has 1 spiro atoms. The number of hydrogen-bond donors (Lipinski definition) is 1. The van der Waals surface area contributed by atoms with Crippen molar-refractivity contribution in [2.45, 2.75) is 69.7 Å². The van der Waals surface area contributed by atoms with Crippen LogP contribution in [0.3, 0.4) is 0 Å². The Kier molecular flexibility index (Phi) is 10.2. The van der Waals surface area contributed by atoms with E-state index in [9.17, 15) is 14.7 Å². The second-order valence-electron chi connectivity index (χ2n) is 15.6. The molecule has 4 aliphatic rings. The van der Waals surface area contributed by atoms with Gasteiger partial charge in [0.05, 0.1) is 16.3 Å². The SMILES string of the molecule is CC1CC(C)(C)N(CCCC=O)c2cc3c(cc21)C1(OC(=O)c2ccccc21)c1cc(Cl)c(N(C)c2ccc(O)cc2)cc1O3.CN1CCB(C#N)CC1. The maximum Gasteiger partial charge on any atom is 0.340 e. The number of carbonyl (C=O) groups excluding carboxylic acids is 2. The molecule has 54 heavy (non-hydrogen) atoms. The van der Waals surface area contributed by atoms with Crippen molar-refractivity contribution in [2.24, 2.45) is 0 Å². The molecule has 0 bridgehead atoms. The molecule has 2 unspecified atom stereocenters. The number of halogens is 1. The number of ether oxygens (including phenoxy) is 2. The fourth-order valence-corrected chi connectivity index (χ4v) is 8.91. The van der Waals surface area contributed by atoms with E-state index in [1.54, 1.807) is 18.2 Å². The summed E-state index contributed by atoms with van der Waals surface area (Å²) in [7, 11) is 4.00. The number of unbranched alkanes of at least 4 members (excludes halogenated alkanes) is 1. The van der Waals surface area contributed by atoms with E-state index < -0.39 is 11.6 Å². The van der Waals surface area contributed by atoms with Gasteiger partial charge in [-0.05, 0) is 113 Å². The number of nitriles is 1. The number of phenolic OH excluding ortho intramolecular Hbond substituents is 1. The Hall–Kier alpha value is -4.98. The first-order valence-electron chi connectivity index (χ1n) is 18.7. The molecule has 0 aliphatic carbocycles. The number of rotatable bonds is 6. The number of phenols is 1. The summed E-state index contributed by atoms with van der Waals surface area (Å²) in [6.45, 7) is 9.98. The van der Waals surface area contributed by atoms with Crippen molar-refractivity contribution in [3.63, 3.8) is 0 Å². The molecular weight excluding hydrogens is 699 g/mol. The third kappa shape index (κ3) is 6.58. The minimum atomic E-state index is -1.25. The van der Waals surface area contributed by atoms with Gasteiger partial charge in [0.25, 0.3) is 6.71 Å². The molecule has 0 amide bonds. The van der Waals surface area contributed by atoms with E-state index >= 15 is 0 Å². The van der Waals surface area contributed by atoms with Crippen LogP contribution in [0.2, 0.25) is 17.7 Å². The van der Waals surface area contributed by atoms with Gasteiger partial charge in [-0.1, -0.05) is 36.7 Å². The lowest BCUT2D eigenvalue weighted by molar-refractivity contribution is -0.107. The minimum Gasteiger partial charge on any atom is -0.508 e. The number of hydrogen-bond acceptors (Lipinski definition) is 9. The smallest absolute Gasteiger partial charge is 0.340 e. The van der Waals surface area contributed by atoms with E-state index in [2.05, 4.69) is 55.7 Å². The highest BCUT2D eigenvalue weighted by atomic mass is 35.5. The Morgan fingerprint density at radius 1 is 1.04 bits per heavy atom. The van der Waals surface area contributed by atoms with Crippen LogP contribution in [-0.4, -0.2) is 68.2 Å². The number of aldehydes is 1. The zero-order valence-electron chi connectivity index (χ0n) is 31.6. The van der Waals surface area contributed by atoms with Crippen LogP contribution in [0.1, 0.15) is 78.6 Å². The first-order chi connectivity index (χ1) is 25.9. The third-order valence-electron chi connectivity index (χ3n) is 11.5. The Labute approximate surface area is 323 Å². The summed E-state index contributed by atoms with van der Waals surface area (Å²) in [5, 5.41) is 18.8. The fraction of sp³-hybridized carbons (Fsp3) is 0.372. The Morgan fingerprint density at radius 2 is 1.72 bits per heavy atom. The molecule has 1 saturated heterocycles. The van der Waals surface area contributed by atoms with Crippen LogP contribution in [0.4, 0.5) is 17.1 Å². The van der Waals surface area contributed by atoms with Crippen LogP contribution >= 0.6 is 11.6 Å². The van der Waals surface area contributed by atoms with Gasteiger partial charge in [-0.25, -0.2) is 10.1 Å². The average molecular weight is 745 g/mol. The van der Waals surface area contributed by atoms with Gasteiger partial charge in [0.1, 0.15) is 23.5 Å². The van der Waals surface area contributed by atoms with Gasteiger partial charge in [0, 0.05) is 71.7 Å². The first-order valence-corrected chi connectivity index (χ1v) is 19.1. The highest BCUT2D eigenvalue weighted by Crippen LogP contribution is 2.60. The van der Waals surface area contributed by atoms with Gasteiger partial charge < -0.3 is 34.1 Å². The van der Waals surface area contributed by atoms with Gasteiger partial charge in [-0.15, -0.1) is 0 Å². The average Bonchev–Trinajstić information content (AvgIpc) is 3.45. The Morgan fingerprint density at radius 3 is 2.43 bits per heavy atom. The highest BCUT2D eigenvalue weighted by molar-refractivity contribution is 6.67. The number of anilines is 3. The Balaban J connectivity index is 0.000000440. The number of carbonyl (C=O) groups is 2. The molecule has 4 aliphatic heterocycles. The molecule has 8 rings (SSSR count). The standard InChI is InChI=1S/C37H35ClN2O5.C6H11BN2/c1-22-21-36(2,3)40(15-7-8-16-41)31-19-33-28(17-26(22)31)37(27-10-6-5-9-25(27)35(43)45-37)29-18-30(38)32(20-34(29)44-33)39(4)23-11-13-24(42)14-12-23;1-9-4-2-7(6-8)3-5-9/h5-6,9-14,16-20,22,42H,7-8,15,21H2,1-4H3;2-5H2,1H3. The van der Waals surface area contributed by atoms with Crippen molar-refractivity contribution >= 4 is 47.6 Å². The number of nitrogens with zero attached hydrogens (tertiary/aromatic N) is 4. The maximum absolute atomic E-state index is 13.5. The molecule has 1 N–H and O–H groups in total. The van der Waals surface area contributed by atoms with Crippen LogP contribution in [0.5, 0.6) is 17.2 Å². The van der Waals surface area contributed by atoms with Crippen LogP contribution in [0, 0.1) is 11.2 Å². The van der Waals surface area contributed by atoms with Crippen LogP contribution in [0.25, 0.3) is 0 Å². The molecule has 4 heterocycles. The summed E-state index contributed by atoms with van der Waals surface area (Å²) >= 11 is 7.02. The molecule has 4 aromatic carbocycles. The van der Waals surface area contributed by atoms with Crippen molar-refractivity contribution < 1.29 is 24.2 Å². The van der Waals surface area contributed by atoms with Crippen molar-refractivity contribution in [3.05, 3.63) is 106 Å². The topological polar surface area (TPSA) is 106 Å². The first kappa shape index (κ1) is 37.3. The van der Waals surface area contributed by atoms with Crippen molar-refractivity contribution in [1.29, 1.82) is 5.26 Å². The lowest BCUT2D eigenvalue weighted by atomic mass is 9.45. The second kappa shape index (κ2) is 14.7. The molecule has 0 aromatic heterocycles. The number of fused-ring (bicyclic) bond motifs is 7. The van der Waals surface area contributed by atoms with Crippen LogP contribution in [0.15, 0.2) is 72.8 Å². The van der Waals surface area contributed by atoms with Gasteiger partial charge in [-0.2, -0.15) is 0 Å². The van der Waals surface area contributed by atoms with E-state index in [0.717, 1.165) is 79.5 Å². The summed E-state index contributed by atoms with van der Waals surface area (Å²) in [6.07, 6.45) is 5.28. The summed E-state index contributed by atoms with van der Waals surface area (Å²) < 4.78 is 13.2. The van der Waals surface area contributed by atoms with E-state index in [1.807, 2.05) is 54.4 Å². The van der Waals surface area contributed by atoms with E-state index in [4.69, 9.17) is 26.3 Å². The third-order valence-corrected chi connectivity index (χ3v) is 11.8. The van der Waals surface area contributed by atoms with Crippen LogP contribution < -0.4 is 14.5 Å². The van der Waals surface area contributed by atoms with Crippen molar-refractivity contribution in [3.8, 4) is 23.2 Å². The van der Waals surface area contributed by atoms with Crippen LogP contribution in [-0.2, 0) is 15.1 Å². The molecule has 1 fully saturated rings. The predicted octanol–water partition coefficient (Wildman–Crippen LogP) is 8.94. The zero-order valence-corrected chi connectivity index (χ0v) is 32.3. The summed E-state index contributed by atoms with van der Waals surface area (Å²) in [4.78, 5) is 31.3. The van der Waals surface area contributed by atoms with Gasteiger partial charge in [0.15, 0.2) is 5.60 Å². The zero-order chi connectivity index (χ0) is 38.4. The van der Waals surface area contributed by atoms with Gasteiger partial charge >= 0.3 is 5.97 Å². The number of benzene rings is 4. The van der Waals surface area contributed by atoms with Gasteiger partial charge in [0.2, 0.25) is 0 Å². The van der Waals surface area contributed by atoms with Gasteiger partial charge in [-0.3, -0.25) is 0 Å². The molecule has 2 atom stereocenters. The molecule has 278 valence electrons. The lowest BCUT2D eigenvalue weighted by Crippen LogP contribution is -2.49. The van der Waals surface area contributed by atoms with E-state index in [1.165, 1.54) is 0 Å². The quantitative estimate of drug-likeness (QED) is 0.0897. The molecule has 0 saturated carbocycles. The maximum atomic E-state index is 13.5. The van der Waals surface area contributed by atoms with Crippen molar-refractivity contribution in [1.82, 2.24) is 4.90 Å². The molecule has 9 nitrogen and oxygen atoms in total. The monoisotopic (exact) mass is 744 g/mol. The molecule has 11 heteroatoms. The van der Waals surface area contributed by atoms with E-state index in [-0.39, 0.29) is 17.2 Å². The highest BCUT2D eigenvalue weighted by Gasteiger charge is 2.54. The predicted molar refractivity (Wildman–Crippen MR) is 214 cm³/mol. The fourth-order valence-electron chi connectivity index (χ4n) is 8.62. The summed E-state index contributed by atoms with van der Waals surface area (Å²) in [5.74, 6) is 3.45. The lowest BCUT2D eigenvalue weighted by Gasteiger charge is -2.48.